The van der Waals surface area contributed by atoms with Gasteiger partial charge in [-0.05, 0) is 50.3 Å². The summed E-state index contributed by atoms with van der Waals surface area (Å²) in [4.78, 5) is 41.5. The molecule has 3 amide bonds. The summed E-state index contributed by atoms with van der Waals surface area (Å²) in [5, 5.41) is 6.31. The molecule has 0 saturated heterocycles. The van der Waals surface area contributed by atoms with E-state index in [0.717, 1.165) is 16.0 Å². The molecule has 0 spiro atoms. The van der Waals surface area contributed by atoms with Gasteiger partial charge in [0.2, 0.25) is 5.91 Å². The van der Waals surface area contributed by atoms with Crippen molar-refractivity contribution in [3.05, 3.63) is 89.5 Å². The van der Waals surface area contributed by atoms with Gasteiger partial charge in [0, 0.05) is 30.4 Å². The topological polar surface area (TPSA) is 91.0 Å². The Morgan fingerprint density at radius 3 is 2.32 bits per heavy atom. The lowest BCUT2D eigenvalue weighted by Gasteiger charge is -2.19. The van der Waals surface area contributed by atoms with Gasteiger partial charge in [-0.25, -0.2) is 9.69 Å². The van der Waals surface area contributed by atoms with Crippen LogP contribution >= 0.6 is 0 Å². The molecule has 3 aromatic rings. The number of nitrogens with zero attached hydrogens (tertiary/aromatic N) is 2. The molecule has 0 saturated carbocycles. The van der Waals surface area contributed by atoms with Crippen LogP contribution in [0.5, 0.6) is 0 Å². The quantitative estimate of drug-likeness (QED) is 0.436. The fraction of sp³-hybridized carbons (Fsp3) is 0.207. The number of imide groups is 1. The predicted molar refractivity (Wildman–Crippen MR) is 146 cm³/mol. The van der Waals surface area contributed by atoms with Crippen LogP contribution in [0, 0.1) is 0 Å². The minimum Gasteiger partial charge on any atom is -0.449 e. The van der Waals surface area contributed by atoms with Gasteiger partial charge < -0.3 is 20.3 Å². The van der Waals surface area contributed by atoms with Crippen LogP contribution in [0.15, 0.2) is 72.8 Å². The van der Waals surface area contributed by atoms with E-state index in [1.807, 2.05) is 79.7 Å². The molecule has 0 radical (unpaired) electrons. The first-order chi connectivity index (χ1) is 17.8. The van der Waals surface area contributed by atoms with Crippen LogP contribution in [0.2, 0.25) is 0 Å². The molecule has 1 aliphatic rings. The molecule has 1 aliphatic heterocycles. The highest BCUT2D eigenvalue weighted by Crippen LogP contribution is 2.41. The van der Waals surface area contributed by atoms with Crippen molar-refractivity contribution in [2.24, 2.45) is 0 Å². The fourth-order valence-electron chi connectivity index (χ4n) is 4.29. The SMILES string of the molecule is CCOC(=O)N1C(=O)/C(=C(\Nc2ccc(CN(C)C)c(NC(C)=O)c2)c2ccccc2)c2ccccc21. The van der Waals surface area contributed by atoms with E-state index >= 15 is 0 Å². The number of benzene rings is 3. The lowest BCUT2D eigenvalue weighted by atomic mass is 10.00. The van der Waals surface area contributed by atoms with E-state index in [9.17, 15) is 14.4 Å². The number of para-hydroxylation sites is 1. The van der Waals surface area contributed by atoms with E-state index in [1.165, 1.54) is 6.92 Å². The standard InChI is InChI=1S/C29H30N4O4/c1-5-37-29(36)33-25-14-10-9-13-23(25)26(28(33)35)27(20-11-7-6-8-12-20)31-22-16-15-21(18-32(3)4)24(17-22)30-19(2)34/h6-17,31H,5,18H2,1-4H3,(H,30,34)/b27-26-. The summed E-state index contributed by atoms with van der Waals surface area (Å²) in [5.74, 6) is -0.652. The number of fused-ring (bicyclic) bond motifs is 1. The molecule has 8 nitrogen and oxygen atoms in total. The van der Waals surface area contributed by atoms with Crippen LogP contribution in [0.4, 0.5) is 21.9 Å². The Labute approximate surface area is 216 Å². The molecule has 3 aromatic carbocycles. The first-order valence-corrected chi connectivity index (χ1v) is 12.0. The third-order valence-corrected chi connectivity index (χ3v) is 5.77. The van der Waals surface area contributed by atoms with E-state index in [0.29, 0.717) is 40.4 Å². The lowest BCUT2D eigenvalue weighted by molar-refractivity contribution is -0.114. The van der Waals surface area contributed by atoms with Crippen molar-refractivity contribution in [2.45, 2.75) is 20.4 Å². The number of ether oxygens (including phenoxy) is 1. The van der Waals surface area contributed by atoms with E-state index in [1.54, 1.807) is 19.1 Å². The number of amides is 3. The van der Waals surface area contributed by atoms with Gasteiger partial charge in [0.15, 0.2) is 0 Å². The van der Waals surface area contributed by atoms with Crippen LogP contribution < -0.4 is 15.5 Å². The van der Waals surface area contributed by atoms with Crippen LogP contribution in [0.3, 0.4) is 0 Å². The van der Waals surface area contributed by atoms with Gasteiger partial charge in [-0.1, -0.05) is 54.6 Å². The molecule has 0 unspecified atom stereocenters. The van der Waals surface area contributed by atoms with Gasteiger partial charge in [0.05, 0.1) is 23.6 Å². The van der Waals surface area contributed by atoms with Crippen LogP contribution in [0.1, 0.15) is 30.5 Å². The molecule has 0 bridgehead atoms. The molecular formula is C29H30N4O4. The zero-order valence-corrected chi connectivity index (χ0v) is 21.4. The minimum atomic E-state index is -0.719. The van der Waals surface area contributed by atoms with E-state index in [2.05, 4.69) is 10.6 Å². The van der Waals surface area contributed by atoms with Gasteiger partial charge in [-0.2, -0.15) is 0 Å². The number of carbonyl (C=O) groups is 3. The summed E-state index contributed by atoms with van der Waals surface area (Å²) < 4.78 is 5.18. The molecule has 8 heteroatoms. The van der Waals surface area contributed by atoms with Crippen molar-refractivity contribution < 1.29 is 19.1 Å². The molecule has 2 N–H and O–H groups in total. The van der Waals surface area contributed by atoms with Crippen molar-refractivity contribution in [2.75, 3.05) is 36.2 Å². The Morgan fingerprint density at radius 2 is 1.65 bits per heavy atom. The molecule has 190 valence electrons. The lowest BCUT2D eigenvalue weighted by Crippen LogP contribution is -2.34. The highest BCUT2D eigenvalue weighted by molar-refractivity contribution is 6.43. The summed E-state index contributed by atoms with van der Waals surface area (Å²) in [6, 6.07) is 22.3. The second-order valence-electron chi connectivity index (χ2n) is 8.89. The fourth-order valence-corrected chi connectivity index (χ4v) is 4.29. The average molecular weight is 499 g/mol. The zero-order valence-electron chi connectivity index (χ0n) is 21.4. The zero-order chi connectivity index (χ0) is 26.5. The van der Waals surface area contributed by atoms with E-state index in [-0.39, 0.29) is 12.5 Å². The molecule has 0 fully saturated rings. The van der Waals surface area contributed by atoms with Crippen molar-refractivity contribution in [1.82, 2.24) is 4.90 Å². The van der Waals surface area contributed by atoms with Gasteiger partial charge in [-0.3, -0.25) is 9.59 Å². The third kappa shape index (κ3) is 5.54. The van der Waals surface area contributed by atoms with Gasteiger partial charge in [-0.15, -0.1) is 0 Å². The van der Waals surface area contributed by atoms with Gasteiger partial charge >= 0.3 is 6.09 Å². The van der Waals surface area contributed by atoms with Crippen LogP contribution in [-0.2, 0) is 20.9 Å². The number of hydrogen-bond donors (Lipinski definition) is 2. The summed E-state index contributed by atoms with van der Waals surface area (Å²) in [6.45, 7) is 3.96. The molecule has 1 heterocycles. The maximum atomic E-state index is 13.7. The summed E-state index contributed by atoms with van der Waals surface area (Å²) >= 11 is 0. The number of hydrogen-bond acceptors (Lipinski definition) is 6. The first-order valence-electron chi connectivity index (χ1n) is 12.0. The monoisotopic (exact) mass is 498 g/mol. The number of carbonyl (C=O) groups excluding carboxylic acids is 3. The van der Waals surface area contributed by atoms with Gasteiger partial charge in [0.25, 0.3) is 5.91 Å². The second kappa shape index (κ2) is 11.1. The van der Waals surface area contributed by atoms with Crippen molar-refractivity contribution in [1.29, 1.82) is 0 Å². The summed E-state index contributed by atoms with van der Waals surface area (Å²) in [6.07, 6.45) is -0.719. The Balaban J connectivity index is 1.87. The van der Waals surface area contributed by atoms with Crippen LogP contribution in [-0.4, -0.2) is 43.5 Å². The highest BCUT2D eigenvalue weighted by Gasteiger charge is 2.39. The molecule has 0 atom stereocenters. The second-order valence-corrected chi connectivity index (χ2v) is 8.89. The highest BCUT2D eigenvalue weighted by atomic mass is 16.6. The Kier molecular flexibility index (Phi) is 7.69. The minimum absolute atomic E-state index is 0.152. The molecule has 4 rings (SSSR count). The molecule has 0 aliphatic carbocycles. The maximum Gasteiger partial charge on any atom is 0.421 e. The van der Waals surface area contributed by atoms with Crippen molar-refractivity contribution in [3.63, 3.8) is 0 Å². The average Bonchev–Trinajstić information content (AvgIpc) is 3.15. The van der Waals surface area contributed by atoms with Crippen molar-refractivity contribution in [3.8, 4) is 0 Å². The molecular weight excluding hydrogens is 468 g/mol. The predicted octanol–water partition coefficient (Wildman–Crippen LogP) is 5.19. The Bertz CT molecular complexity index is 1370. The van der Waals surface area contributed by atoms with E-state index in [4.69, 9.17) is 4.74 Å². The van der Waals surface area contributed by atoms with Crippen molar-refractivity contribution >= 4 is 46.2 Å². The maximum absolute atomic E-state index is 13.7. The smallest absolute Gasteiger partial charge is 0.421 e. The molecule has 0 aromatic heterocycles. The largest absolute Gasteiger partial charge is 0.449 e. The van der Waals surface area contributed by atoms with E-state index < -0.39 is 12.0 Å². The molecule has 37 heavy (non-hydrogen) atoms. The van der Waals surface area contributed by atoms with Gasteiger partial charge in [0.1, 0.15) is 0 Å². The first kappa shape index (κ1) is 25.7. The number of nitrogens with one attached hydrogen (secondary N) is 2. The summed E-state index contributed by atoms with van der Waals surface area (Å²) in [5.41, 5.74) is 5.06. The van der Waals surface area contributed by atoms with Crippen LogP contribution in [0.25, 0.3) is 11.3 Å². The normalized spacial score (nSPS) is 13.9. The number of anilines is 3. The third-order valence-electron chi connectivity index (χ3n) is 5.77. The summed E-state index contributed by atoms with van der Waals surface area (Å²) in [7, 11) is 3.92. The number of rotatable bonds is 7. The Hall–Kier alpha value is -4.43. The Morgan fingerprint density at radius 1 is 0.946 bits per heavy atom.